The standard InChI is InChI=1S/C16H12ClF2NO3/c1-9-13(17)3-2-4-14(9)20-15(21)8-23-16(22)10-5-11(18)7-12(19)6-10/h2-7H,8H2,1H3,(H,20,21). The van der Waals surface area contributed by atoms with Crippen LogP contribution in [0.2, 0.25) is 5.02 Å². The zero-order valence-corrected chi connectivity index (χ0v) is 12.8. The quantitative estimate of drug-likeness (QED) is 0.864. The van der Waals surface area contributed by atoms with E-state index in [0.29, 0.717) is 22.3 Å². The second-order valence-electron chi connectivity index (χ2n) is 4.69. The maximum absolute atomic E-state index is 13.0. The van der Waals surface area contributed by atoms with Crippen LogP contribution in [0.15, 0.2) is 36.4 Å². The largest absolute Gasteiger partial charge is 0.452 e. The lowest BCUT2D eigenvalue weighted by Crippen LogP contribution is -2.21. The van der Waals surface area contributed by atoms with Gasteiger partial charge in [-0.2, -0.15) is 0 Å². The molecule has 0 radical (unpaired) electrons. The molecule has 0 unspecified atom stereocenters. The molecule has 2 aromatic carbocycles. The SMILES string of the molecule is Cc1c(Cl)cccc1NC(=O)COC(=O)c1cc(F)cc(F)c1. The topological polar surface area (TPSA) is 55.4 Å². The first-order valence-corrected chi connectivity index (χ1v) is 6.93. The van der Waals surface area contributed by atoms with Crippen LogP contribution in [0.3, 0.4) is 0 Å². The summed E-state index contributed by atoms with van der Waals surface area (Å²) in [4.78, 5) is 23.4. The number of ether oxygens (including phenoxy) is 1. The van der Waals surface area contributed by atoms with Gasteiger partial charge >= 0.3 is 5.97 Å². The summed E-state index contributed by atoms with van der Waals surface area (Å²) in [5.41, 5.74) is 0.839. The van der Waals surface area contributed by atoms with Gasteiger partial charge in [-0.1, -0.05) is 17.7 Å². The Balaban J connectivity index is 1.96. The number of hydrogen-bond donors (Lipinski definition) is 1. The molecule has 120 valence electrons. The highest BCUT2D eigenvalue weighted by atomic mass is 35.5. The van der Waals surface area contributed by atoms with Crippen molar-refractivity contribution in [3.8, 4) is 0 Å². The lowest BCUT2D eigenvalue weighted by atomic mass is 10.2. The van der Waals surface area contributed by atoms with Crippen LogP contribution in [0.1, 0.15) is 15.9 Å². The molecular formula is C16H12ClF2NO3. The molecule has 0 spiro atoms. The highest BCUT2D eigenvalue weighted by molar-refractivity contribution is 6.31. The summed E-state index contributed by atoms with van der Waals surface area (Å²) in [6, 6.07) is 7.25. The van der Waals surface area contributed by atoms with Gasteiger partial charge in [0, 0.05) is 16.8 Å². The molecule has 0 fully saturated rings. The maximum atomic E-state index is 13.0. The van der Waals surface area contributed by atoms with Crippen molar-refractivity contribution in [2.45, 2.75) is 6.92 Å². The van der Waals surface area contributed by atoms with Crippen molar-refractivity contribution in [1.29, 1.82) is 0 Å². The summed E-state index contributed by atoms with van der Waals surface area (Å²) in [7, 11) is 0. The van der Waals surface area contributed by atoms with Crippen LogP contribution in [0, 0.1) is 18.6 Å². The molecule has 2 rings (SSSR count). The number of rotatable bonds is 4. The van der Waals surface area contributed by atoms with Gasteiger partial charge in [0.05, 0.1) is 5.56 Å². The van der Waals surface area contributed by atoms with Gasteiger partial charge in [-0.3, -0.25) is 4.79 Å². The van der Waals surface area contributed by atoms with Gasteiger partial charge in [-0.15, -0.1) is 0 Å². The molecule has 0 bridgehead atoms. The van der Waals surface area contributed by atoms with Crippen molar-refractivity contribution in [2.75, 3.05) is 11.9 Å². The molecule has 7 heteroatoms. The number of benzene rings is 2. The van der Waals surface area contributed by atoms with Crippen LogP contribution in [-0.4, -0.2) is 18.5 Å². The van der Waals surface area contributed by atoms with Crippen LogP contribution in [0.25, 0.3) is 0 Å². The van der Waals surface area contributed by atoms with E-state index in [-0.39, 0.29) is 5.56 Å². The Morgan fingerprint density at radius 1 is 1.17 bits per heavy atom. The molecule has 2 aromatic rings. The molecule has 0 heterocycles. The van der Waals surface area contributed by atoms with Gasteiger partial charge in [0.25, 0.3) is 5.91 Å². The van der Waals surface area contributed by atoms with Crippen LogP contribution >= 0.6 is 11.6 Å². The van der Waals surface area contributed by atoms with E-state index in [2.05, 4.69) is 5.32 Å². The van der Waals surface area contributed by atoms with E-state index in [1.54, 1.807) is 25.1 Å². The monoisotopic (exact) mass is 339 g/mol. The van der Waals surface area contributed by atoms with Crippen LogP contribution in [0.4, 0.5) is 14.5 Å². The fourth-order valence-corrected chi connectivity index (χ4v) is 1.99. The number of nitrogens with one attached hydrogen (secondary N) is 1. The first kappa shape index (κ1) is 16.9. The molecule has 0 atom stereocenters. The van der Waals surface area contributed by atoms with E-state index in [1.165, 1.54) is 0 Å². The Hall–Kier alpha value is -2.47. The van der Waals surface area contributed by atoms with Gasteiger partial charge < -0.3 is 10.1 Å². The Labute approximate surface area is 136 Å². The molecule has 1 N–H and O–H groups in total. The third-order valence-electron chi connectivity index (χ3n) is 2.97. The van der Waals surface area contributed by atoms with E-state index in [4.69, 9.17) is 16.3 Å². The molecule has 23 heavy (non-hydrogen) atoms. The van der Waals surface area contributed by atoms with Gasteiger partial charge in [0.1, 0.15) is 11.6 Å². The number of amides is 1. The van der Waals surface area contributed by atoms with Crippen molar-refractivity contribution >= 4 is 29.2 Å². The normalized spacial score (nSPS) is 10.3. The van der Waals surface area contributed by atoms with Crippen LogP contribution in [-0.2, 0) is 9.53 Å². The molecule has 1 amide bonds. The van der Waals surface area contributed by atoms with E-state index in [1.807, 2.05) is 0 Å². The Bertz CT molecular complexity index is 745. The molecule has 0 saturated carbocycles. The number of carbonyl (C=O) groups is 2. The van der Waals surface area contributed by atoms with Crippen molar-refractivity contribution in [3.05, 3.63) is 64.2 Å². The average molecular weight is 340 g/mol. The molecule has 0 aromatic heterocycles. The molecule has 0 saturated heterocycles. The first-order valence-electron chi connectivity index (χ1n) is 6.55. The summed E-state index contributed by atoms with van der Waals surface area (Å²) in [5, 5.41) is 3.01. The van der Waals surface area contributed by atoms with E-state index in [9.17, 15) is 18.4 Å². The Morgan fingerprint density at radius 3 is 2.48 bits per heavy atom. The first-order chi connectivity index (χ1) is 10.9. The van der Waals surface area contributed by atoms with Crippen molar-refractivity contribution in [1.82, 2.24) is 0 Å². The fraction of sp³-hybridized carbons (Fsp3) is 0.125. The summed E-state index contributed by atoms with van der Waals surface area (Å²) >= 11 is 5.93. The molecule has 0 aliphatic heterocycles. The Morgan fingerprint density at radius 2 is 1.83 bits per heavy atom. The molecular weight excluding hydrogens is 328 g/mol. The van der Waals surface area contributed by atoms with Gasteiger partial charge in [-0.25, -0.2) is 13.6 Å². The number of anilines is 1. The van der Waals surface area contributed by atoms with Gasteiger partial charge in [0.2, 0.25) is 0 Å². The third-order valence-corrected chi connectivity index (χ3v) is 3.38. The molecule has 0 aliphatic rings. The predicted octanol–water partition coefficient (Wildman–Crippen LogP) is 3.72. The maximum Gasteiger partial charge on any atom is 0.338 e. The van der Waals surface area contributed by atoms with Crippen LogP contribution < -0.4 is 5.32 Å². The number of hydrogen-bond acceptors (Lipinski definition) is 3. The fourth-order valence-electron chi connectivity index (χ4n) is 1.82. The minimum atomic E-state index is -0.999. The summed E-state index contributed by atoms with van der Waals surface area (Å²) < 4.78 is 30.8. The summed E-state index contributed by atoms with van der Waals surface area (Å²) in [6.07, 6.45) is 0. The smallest absolute Gasteiger partial charge is 0.338 e. The summed E-state index contributed by atoms with van der Waals surface area (Å²) in [6.45, 7) is 1.13. The van der Waals surface area contributed by atoms with E-state index in [0.717, 1.165) is 12.1 Å². The van der Waals surface area contributed by atoms with Crippen molar-refractivity contribution in [3.63, 3.8) is 0 Å². The second kappa shape index (κ2) is 7.19. The zero-order valence-electron chi connectivity index (χ0n) is 12.0. The second-order valence-corrected chi connectivity index (χ2v) is 5.10. The number of carbonyl (C=O) groups excluding carboxylic acids is 2. The minimum absolute atomic E-state index is 0.311. The van der Waals surface area contributed by atoms with Crippen molar-refractivity contribution in [2.24, 2.45) is 0 Å². The highest BCUT2D eigenvalue weighted by Crippen LogP contribution is 2.22. The number of esters is 1. The lowest BCUT2D eigenvalue weighted by molar-refractivity contribution is -0.119. The third kappa shape index (κ3) is 4.50. The molecule has 4 nitrogen and oxygen atoms in total. The number of halogens is 3. The van der Waals surface area contributed by atoms with E-state index < -0.39 is 30.1 Å². The van der Waals surface area contributed by atoms with E-state index >= 15 is 0 Å². The highest BCUT2D eigenvalue weighted by Gasteiger charge is 2.13. The average Bonchev–Trinajstić information content (AvgIpc) is 2.48. The van der Waals surface area contributed by atoms with Gasteiger partial charge in [-0.05, 0) is 36.8 Å². The minimum Gasteiger partial charge on any atom is -0.452 e. The zero-order chi connectivity index (χ0) is 17.0. The van der Waals surface area contributed by atoms with Gasteiger partial charge in [0.15, 0.2) is 6.61 Å². The predicted molar refractivity (Wildman–Crippen MR) is 81.5 cm³/mol. The summed E-state index contributed by atoms with van der Waals surface area (Å²) in [5.74, 6) is -3.41. The van der Waals surface area contributed by atoms with Crippen molar-refractivity contribution < 1.29 is 23.1 Å². The van der Waals surface area contributed by atoms with Crippen LogP contribution in [0.5, 0.6) is 0 Å². The lowest BCUT2D eigenvalue weighted by Gasteiger charge is -2.10. The Kier molecular flexibility index (Phi) is 5.28. The molecule has 0 aliphatic carbocycles.